The highest BCUT2D eigenvalue weighted by Gasteiger charge is 2.43. The minimum Gasteiger partial charge on any atom is -0.378 e. The summed E-state index contributed by atoms with van der Waals surface area (Å²) in [6.45, 7) is 25.5. The van der Waals surface area contributed by atoms with Crippen molar-refractivity contribution in [3.8, 4) is 6.07 Å². The molecule has 7 unspecified atom stereocenters. The summed E-state index contributed by atoms with van der Waals surface area (Å²) in [5.74, 6) is -0.912. The van der Waals surface area contributed by atoms with Crippen molar-refractivity contribution in [3.63, 3.8) is 0 Å². The molecule has 50 heavy (non-hydrogen) atoms. The average Bonchev–Trinajstić information content (AvgIpc) is 3.09. The molecule has 3 fully saturated rings. The van der Waals surface area contributed by atoms with Crippen molar-refractivity contribution in [1.82, 2.24) is 25.3 Å². The van der Waals surface area contributed by atoms with Crippen LogP contribution in [0.15, 0.2) is 23.4 Å². The molecule has 284 valence electrons. The summed E-state index contributed by atoms with van der Waals surface area (Å²) < 4.78 is 22.5. The number of nitrogens with two attached hydrogens (primary N) is 1. The third-order valence-electron chi connectivity index (χ3n) is 13.2. The Balaban J connectivity index is 1.71. The van der Waals surface area contributed by atoms with Gasteiger partial charge >= 0.3 is 0 Å². The highest BCUT2D eigenvalue weighted by molar-refractivity contribution is 5.82. The van der Waals surface area contributed by atoms with Crippen LogP contribution in [-0.4, -0.2) is 121 Å². The van der Waals surface area contributed by atoms with E-state index in [2.05, 4.69) is 79.9 Å². The van der Waals surface area contributed by atoms with Gasteiger partial charge < -0.3 is 20.7 Å². The Labute approximate surface area is 303 Å². The number of nitrogens with zero attached hydrogens (tertiary/aromatic N) is 5. The maximum absolute atomic E-state index is 16.6. The molecule has 0 aromatic carbocycles. The lowest BCUT2D eigenvalue weighted by Crippen LogP contribution is -2.63. The average molecular weight is 702 g/mol. The number of piperazine rings is 1. The van der Waals surface area contributed by atoms with Crippen LogP contribution in [-0.2, 0) is 9.53 Å². The predicted octanol–water partition coefficient (Wildman–Crippen LogP) is 4.76. The molecule has 0 aromatic rings. The summed E-state index contributed by atoms with van der Waals surface area (Å²) in [7, 11) is 0. The minimum atomic E-state index is -0.599. The number of amides is 1. The van der Waals surface area contributed by atoms with Gasteiger partial charge in [0.05, 0.1) is 50.5 Å². The Morgan fingerprint density at radius 1 is 1.18 bits per heavy atom. The second kappa shape index (κ2) is 18.1. The zero-order chi connectivity index (χ0) is 36.6. The van der Waals surface area contributed by atoms with Gasteiger partial charge in [0, 0.05) is 50.7 Å². The lowest BCUT2D eigenvalue weighted by atomic mass is 9.73. The normalized spacial score (nSPS) is 31.8. The van der Waals surface area contributed by atoms with Gasteiger partial charge in [-0.3, -0.25) is 24.4 Å². The van der Waals surface area contributed by atoms with Crippen LogP contribution in [0.1, 0.15) is 93.9 Å². The van der Waals surface area contributed by atoms with Crippen LogP contribution >= 0.6 is 0 Å². The Morgan fingerprint density at radius 3 is 2.40 bits per heavy atom. The Bertz CT molecular complexity index is 1220. The summed E-state index contributed by atoms with van der Waals surface area (Å²) in [6.07, 6.45) is 6.99. The number of rotatable bonds is 13. The molecule has 4 aliphatic rings. The van der Waals surface area contributed by atoms with Gasteiger partial charge in [-0.05, 0) is 70.8 Å². The maximum Gasteiger partial charge on any atom is 0.231 e. The number of hydrogen-bond acceptors (Lipinski definition) is 8. The van der Waals surface area contributed by atoms with Crippen molar-refractivity contribution in [2.45, 2.75) is 118 Å². The van der Waals surface area contributed by atoms with Crippen LogP contribution in [0.25, 0.3) is 0 Å². The Morgan fingerprint density at radius 2 is 1.86 bits per heavy atom. The van der Waals surface area contributed by atoms with E-state index in [1.54, 1.807) is 0 Å². The molecule has 4 N–H and O–H groups in total. The standard InChI is InChI=1S/C39H69FN8O2/c1-9-14-21-48(13-5)24-32(40)36(47-19-17-46(18-20-47)31-26-50-27-31)33(25-48)43-38(49)35-29(7)45(12-4)23-30(28(6)22-41)15-16-34(44-37(35)42)39(8,10-2)11-3/h24,28-31,34-35,37,44H,9-21,23,25-27,42H2,1-8H3/p+1. The van der Waals surface area contributed by atoms with Crippen LogP contribution < -0.4 is 16.4 Å². The highest BCUT2D eigenvalue weighted by atomic mass is 19.1. The van der Waals surface area contributed by atoms with E-state index in [9.17, 15) is 10.1 Å². The van der Waals surface area contributed by atoms with Gasteiger partial charge in [0.25, 0.3) is 0 Å². The molecule has 7 atom stereocenters. The third-order valence-corrected chi connectivity index (χ3v) is 13.2. The fraction of sp³-hybridized carbons (Fsp3) is 0.846. The fourth-order valence-electron chi connectivity index (χ4n) is 8.77. The van der Waals surface area contributed by atoms with Crippen molar-refractivity contribution < 1.29 is 18.4 Å². The maximum atomic E-state index is 16.6. The second-order valence-corrected chi connectivity index (χ2v) is 16.0. The molecule has 11 heteroatoms. The van der Waals surface area contributed by atoms with Gasteiger partial charge in [0.1, 0.15) is 24.1 Å². The number of allylic oxidation sites excluding steroid dienone is 1. The molecule has 4 aliphatic heterocycles. The van der Waals surface area contributed by atoms with Crippen LogP contribution in [0.5, 0.6) is 0 Å². The van der Waals surface area contributed by atoms with Crippen LogP contribution in [0.2, 0.25) is 0 Å². The Kier molecular flexibility index (Phi) is 14.7. The first kappa shape index (κ1) is 40.7. The minimum absolute atomic E-state index is 0.00974. The SMILES string of the molecule is CCCC[N+]1(CC)C=C(F)C(N2CCN(C3COC3)CC2)=C(NC(=O)C2C(N)NC(C(C)(CC)CC)CCC(C(C)C#N)CN(CC)C2C)C1. The summed E-state index contributed by atoms with van der Waals surface area (Å²) in [5, 5.41) is 17.2. The van der Waals surface area contributed by atoms with E-state index in [0.29, 0.717) is 41.6 Å². The van der Waals surface area contributed by atoms with Crippen LogP contribution in [0.3, 0.4) is 0 Å². The van der Waals surface area contributed by atoms with Crippen molar-refractivity contribution >= 4 is 5.91 Å². The number of nitriles is 1. The van der Waals surface area contributed by atoms with Crippen molar-refractivity contribution in [2.75, 3.05) is 72.1 Å². The number of ether oxygens (including phenoxy) is 1. The summed E-state index contributed by atoms with van der Waals surface area (Å²) >= 11 is 0. The Hall–Kier alpha value is -2.07. The quantitative estimate of drug-likeness (QED) is 0.236. The molecule has 0 aromatic heterocycles. The molecule has 0 aliphatic carbocycles. The van der Waals surface area contributed by atoms with E-state index in [0.717, 1.165) is 91.0 Å². The highest BCUT2D eigenvalue weighted by Crippen LogP contribution is 2.36. The molecule has 1 amide bonds. The number of likely N-dealkylation sites (N-methyl/N-ethyl adjacent to an activating group) is 1. The van der Waals surface area contributed by atoms with Crippen molar-refractivity contribution in [1.29, 1.82) is 5.26 Å². The van der Waals surface area contributed by atoms with E-state index in [4.69, 9.17) is 10.5 Å². The molecule has 4 heterocycles. The zero-order valence-corrected chi connectivity index (χ0v) is 32.6. The molecule has 0 spiro atoms. The molecule has 0 bridgehead atoms. The molecule has 10 nitrogen and oxygen atoms in total. The number of halogens is 1. The van der Waals surface area contributed by atoms with Crippen LogP contribution in [0.4, 0.5) is 4.39 Å². The van der Waals surface area contributed by atoms with Gasteiger partial charge in [0.15, 0.2) is 0 Å². The van der Waals surface area contributed by atoms with Crippen molar-refractivity contribution in [3.05, 3.63) is 23.4 Å². The number of carbonyl (C=O) groups excluding carboxylic acids is 1. The molecular formula is C39H70FN8O2+. The zero-order valence-electron chi connectivity index (χ0n) is 32.6. The van der Waals surface area contributed by atoms with E-state index < -0.39 is 12.1 Å². The molecular weight excluding hydrogens is 631 g/mol. The van der Waals surface area contributed by atoms with Gasteiger partial charge in [-0.1, -0.05) is 41.0 Å². The first-order chi connectivity index (χ1) is 23.9. The largest absolute Gasteiger partial charge is 0.378 e. The van der Waals surface area contributed by atoms with Gasteiger partial charge in [0.2, 0.25) is 11.7 Å². The number of unbranched alkanes of at least 4 members (excludes halogenated alkanes) is 1. The first-order valence-corrected chi connectivity index (χ1v) is 19.9. The smallest absolute Gasteiger partial charge is 0.231 e. The van der Waals surface area contributed by atoms with E-state index in [1.165, 1.54) is 0 Å². The number of hydrogen-bond donors (Lipinski definition) is 3. The van der Waals surface area contributed by atoms with Gasteiger partial charge in [-0.25, -0.2) is 0 Å². The molecule has 0 radical (unpaired) electrons. The topological polar surface area (TPSA) is 110 Å². The van der Waals surface area contributed by atoms with Gasteiger partial charge in [-0.2, -0.15) is 9.65 Å². The van der Waals surface area contributed by atoms with Crippen LogP contribution in [0, 0.1) is 34.5 Å². The number of quaternary nitrogens is 1. The lowest BCUT2D eigenvalue weighted by molar-refractivity contribution is -0.875. The predicted molar refractivity (Wildman–Crippen MR) is 199 cm³/mol. The number of nitrogens with one attached hydrogen (secondary N) is 2. The molecule has 0 saturated carbocycles. The lowest BCUT2D eigenvalue weighted by Gasteiger charge is -2.46. The summed E-state index contributed by atoms with van der Waals surface area (Å²) in [6, 6.07) is 2.87. The fourth-order valence-corrected chi connectivity index (χ4v) is 8.77. The number of carbonyl (C=O) groups is 1. The third kappa shape index (κ3) is 9.10. The molecule has 4 rings (SSSR count). The van der Waals surface area contributed by atoms with Crippen molar-refractivity contribution in [2.24, 2.45) is 28.9 Å². The second-order valence-electron chi connectivity index (χ2n) is 16.0. The first-order valence-electron chi connectivity index (χ1n) is 19.9. The monoisotopic (exact) mass is 702 g/mol. The van der Waals surface area contributed by atoms with E-state index in [-0.39, 0.29) is 41.1 Å². The van der Waals surface area contributed by atoms with Gasteiger partial charge in [-0.15, -0.1) is 0 Å². The summed E-state index contributed by atoms with van der Waals surface area (Å²) in [5.41, 5.74) is 8.33. The molecule has 3 saturated heterocycles. The summed E-state index contributed by atoms with van der Waals surface area (Å²) in [4.78, 5) is 21.8. The van der Waals surface area contributed by atoms with E-state index in [1.807, 2.05) is 13.1 Å². The van der Waals surface area contributed by atoms with E-state index >= 15 is 4.39 Å².